The summed E-state index contributed by atoms with van der Waals surface area (Å²) in [6.45, 7) is 3.12. The van der Waals surface area contributed by atoms with Crippen LogP contribution in [0.15, 0.2) is 59.6 Å². The fraction of sp³-hybridized carbons (Fsp3) is 0.318. The quantitative estimate of drug-likeness (QED) is 0.546. The Morgan fingerprint density at radius 1 is 1.10 bits per heavy atom. The molecule has 7 heteroatoms. The van der Waals surface area contributed by atoms with Crippen molar-refractivity contribution in [2.75, 3.05) is 20.3 Å². The summed E-state index contributed by atoms with van der Waals surface area (Å²) in [7, 11) is -1.94. The van der Waals surface area contributed by atoms with Gasteiger partial charge in [-0.05, 0) is 25.0 Å². The van der Waals surface area contributed by atoms with E-state index in [0.717, 1.165) is 23.1 Å². The minimum absolute atomic E-state index is 0.0630. The highest BCUT2D eigenvalue weighted by Gasteiger charge is 2.22. The predicted molar refractivity (Wildman–Crippen MR) is 114 cm³/mol. The molecule has 1 N–H and O–H groups in total. The number of benzene rings is 2. The second kappa shape index (κ2) is 9.24. The van der Waals surface area contributed by atoms with Crippen LogP contribution in [-0.4, -0.2) is 39.2 Å². The fourth-order valence-electron chi connectivity index (χ4n) is 3.23. The number of carbonyl (C=O) groups is 1. The molecule has 0 bridgehead atoms. The van der Waals surface area contributed by atoms with E-state index in [9.17, 15) is 13.2 Å². The smallest absolute Gasteiger partial charge is 0.239 e. The number of ether oxygens (including phenoxy) is 1. The van der Waals surface area contributed by atoms with Gasteiger partial charge in [0, 0.05) is 37.4 Å². The summed E-state index contributed by atoms with van der Waals surface area (Å²) < 4.78 is 32.9. The lowest BCUT2D eigenvalue weighted by atomic mass is 10.2. The summed E-state index contributed by atoms with van der Waals surface area (Å²) in [5.41, 5.74) is 2.55. The third kappa shape index (κ3) is 5.25. The normalized spacial score (nSPS) is 11.7. The first-order valence-corrected chi connectivity index (χ1v) is 11.2. The first-order chi connectivity index (χ1) is 13.9. The first-order valence-electron chi connectivity index (χ1n) is 9.52. The van der Waals surface area contributed by atoms with Gasteiger partial charge in [-0.25, -0.2) is 8.42 Å². The van der Waals surface area contributed by atoms with E-state index in [1.165, 1.54) is 0 Å². The van der Waals surface area contributed by atoms with Gasteiger partial charge in [0.1, 0.15) is 6.54 Å². The van der Waals surface area contributed by atoms with E-state index in [0.29, 0.717) is 18.5 Å². The van der Waals surface area contributed by atoms with E-state index in [1.807, 2.05) is 49.4 Å². The second-order valence-electron chi connectivity index (χ2n) is 7.08. The van der Waals surface area contributed by atoms with Crippen molar-refractivity contribution in [2.45, 2.75) is 30.5 Å². The molecule has 154 valence electrons. The van der Waals surface area contributed by atoms with Gasteiger partial charge in [-0.15, -0.1) is 0 Å². The molecule has 6 nitrogen and oxygen atoms in total. The molecule has 1 heterocycles. The van der Waals surface area contributed by atoms with Crippen molar-refractivity contribution in [3.8, 4) is 0 Å². The van der Waals surface area contributed by atoms with E-state index in [2.05, 4.69) is 5.32 Å². The average Bonchev–Trinajstić information content (AvgIpc) is 3.06. The van der Waals surface area contributed by atoms with Crippen molar-refractivity contribution in [3.05, 3.63) is 65.9 Å². The Kier molecular flexibility index (Phi) is 6.71. The first kappa shape index (κ1) is 21.1. The molecule has 0 spiro atoms. The summed E-state index contributed by atoms with van der Waals surface area (Å²) in [4.78, 5) is 12.5. The summed E-state index contributed by atoms with van der Waals surface area (Å²) >= 11 is 0. The highest BCUT2D eigenvalue weighted by Crippen LogP contribution is 2.28. The number of carbonyl (C=O) groups excluding carboxylic acids is 1. The van der Waals surface area contributed by atoms with Gasteiger partial charge < -0.3 is 14.6 Å². The zero-order chi connectivity index (χ0) is 20.9. The highest BCUT2D eigenvalue weighted by atomic mass is 32.2. The Bertz CT molecular complexity index is 1090. The summed E-state index contributed by atoms with van der Waals surface area (Å²) in [5, 5.41) is 3.47. The largest absolute Gasteiger partial charge is 0.385 e. The maximum Gasteiger partial charge on any atom is 0.239 e. The number of amides is 1. The molecule has 0 radical (unpaired) electrons. The zero-order valence-electron chi connectivity index (χ0n) is 16.7. The van der Waals surface area contributed by atoms with Gasteiger partial charge in [-0.2, -0.15) is 0 Å². The lowest BCUT2D eigenvalue weighted by molar-refractivity contribution is -0.121. The van der Waals surface area contributed by atoms with Crippen LogP contribution in [0.1, 0.15) is 17.5 Å². The van der Waals surface area contributed by atoms with Crippen LogP contribution >= 0.6 is 0 Å². The second-order valence-corrected chi connectivity index (χ2v) is 9.04. The van der Waals surface area contributed by atoms with Gasteiger partial charge in [0.25, 0.3) is 0 Å². The van der Waals surface area contributed by atoms with Crippen LogP contribution < -0.4 is 5.32 Å². The Morgan fingerprint density at radius 3 is 2.55 bits per heavy atom. The lowest BCUT2D eigenvalue weighted by Gasteiger charge is -2.07. The predicted octanol–water partition coefficient (Wildman–Crippen LogP) is 3.08. The third-order valence-electron chi connectivity index (χ3n) is 4.73. The van der Waals surface area contributed by atoms with E-state index in [-0.39, 0.29) is 23.1 Å². The number of hydrogen-bond acceptors (Lipinski definition) is 4. The van der Waals surface area contributed by atoms with Gasteiger partial charge in [-0.1, -0.05) is 48.0 Å². The summed E-state index contributed by atoms with van der Waals surface area (Å²) in [6, 6.07) is 14.7. The molecule has 0 fully saturated rings. The molecule has 0 aliphatic rings. The molecule has 0 saturated heterocycles. The van der Waals surface area contributed by atoms with Gasteiger partial charge in [0.2, 0.25) is 5.91 Å². The third-order valence-corrected chi connectivity index (χ3v) is 6.43. The highest BCUT2D eigenvalue weighted by molar-refractivity contribution is 7.90. The Morgan fingerprint density at radius 2 is 1.83 bits per heavy atom. The molecule has 0 unspecified atom stereocenters. The van der Waals surface area contributed by atoms with Gasteiger partial charge in [0.15, 0.2) is 9.84 Å². The van der Waals surface area contributed by atoms with Crippen LogP contribution in [0.5, 0.6) is 0 Å². The van der Waals surface area contributed by atoms with E-state index >= 15 is 0 Å². The maximum absolute atomic E-state index is 13.1. The number of rotatable bonds is 9. The molecule has 2 aromatic carbocycles. The SMILES string of the molecule is COCCCNC(=O)Cn1cc(S(=O)(=O)Cc2ccc(C)cc2)c2ccccc21. The molecular formula is C22H26N2O4S. The van der Waals surface area contributed by atoms with E-state index in [1.54, 1.807) is 23.9 Å². The Hall–Kier alpha value is -2.64. The number of para-hydroxylation sites is 1. The Labute approximate surface area is 171 Å². The standard InChI is InChI=1S/C22H26N2O4S/c1-17-8-10-18(11-9-17)16-29(26,27)21-14-24(20-7-4-3-6-19(20)21)15-22(25)23-12-5-13-28-2/h3-4,6-11,14H,5,12-13,15-16H2,1-2H3,(H,23,25). The van der Waals surface area contributed by atoms with Gasteiger partial charge in [0.05, 0.1) is 10.6 Å². The van der Waals surface area contributed by atoms with Crippen LogP contribution in [0.2, 0.25) is 0 Å². The van der Waals surface area contributed by atoms with E-state index < -0.39 is 9.84 Å². The molecule has 0 saturated carbocycles. The number of nitrogens with one attached hydrogen (secondary N) is 1. The number of aryl methyl sites for hydroxylation is 1. The van der Waals surface area contributed by atoms with Gasteiger partial charge >= 0.3 is 0 Å². The minimum atomic E-state index is -3.56. The minimum Gasteiger partial charge on any atom is -0.385 e. The van der Waals surface area contributed by atoms with Crippen molar-refractivity contribution in [2.24, 2.45) is 0 Å². The molecule has 1 aromatic heterocycles. The topological polar surface area (TPSA) is 77.4 Å². The lowest BCUT2D eigenvalue weighted by Crippen LogP contribution is -2.28. The van der Waals surface area contributed by atoms with Crippen molar-refractivity contribution in [1.29, 1.82) is 0 Å². The number of sulfone groups is 1. The van der Waals surface area contributed by atoms with Crippen molar-refractivity contribution < 1.29 is 17.9 Å². The van der Waals surface area contributed by atoms with Crippen molar-refractivity contribution >= 4 is 26.6 Å². The molecule has 1 amide bonds. The molecule has 0 atom stereocenters. The number of aromatic nitrogens is 1. The number of nitrogens with zero attached hydrogens (tertiary/aromatic N) is 1. The number of hydrogen-bond donors (Lipinski definition) is 1. The van der Waals surface area contributed by atoms with Crippen LogP contribution in [0, 0.1) is 6.92 Å². The molecule has 3 rings (SSSR count). The summed E-state index contributed by atoms with van der Waals surface area (Å²) in [5.74, 6) is -0.242. The molecule has 0 aliphatic carbocycles. The van der Waals surface area contributed by atoms with Crippen LogP contribution in [0.3, 0.4) is 0 Å². The number of fused-ring (bicyclic) bond motifs is 1. The monoisotopic (exact) mass is 414 g/mol. The maximum atomic E-state index is 13.1. The van der Waals surface area contributed by atoms with Gasteiger partial charge in [-0.3, -0.25) is 4.79 Å². The molecule has 29 heavy (non-hydrogen) atoms. The Balaban J connectivity index is 1.85. The van der Waals surface area contributed by atoms with Crippen molar-refractivity contribution in [3.63, 3.8) is 0 Å². The summed E-state index contributed by atoms with van der Waals surface area (Å²) in [6.07, 6.45) is 2.30. The van der Waals surface area contributed by atoms with Crippen molar-refractivity contribution in [1.82, 2.24) is 9.88 Å². The molecule has 0 aliphatic heterocycles. The van der Waals surface area contributed by atoms with Crippen LogP contribution in [0.25, 0.3) is 10.9 Å². The molecular weight excluding hydrogens is 388 g/mol. The van der Waals surface area contributed by atoms with Crippen LogP contribution in [0.4, 0.5) is 0 Å². The zero-order valence-corrected chi connectivity index (χ0v) is 17.5. The van der Waals surface area contributed by atoms with E-state index in [4.69, 9.17) is 4.74 Å². The average molecular weight is 415 g/mol. The van der Waals surface area contributed by atoms with Crippen LogP contribution in [-0.2, 0) is 31.7 Å². The molecule has 3 aromatic rings. The fourth-order valence-corrected chi connectivity index (χ4v) is 4.81. The number of methoxy groups -OCH3 is 1.